The SMILES string of the molecule is O=C(C[S+]1CCCC1)c1ccc2ccccc2c1.O=C(C[S+]1CCCC1)c1ccc2ccccc2c1.O=C(C[S+]1CCCC1)c1ccc2ccccc2c1.O=C(C[S+]1CCCC1)c1ccc2ccccc2c1.O=C(C[S+]1CCCC1)c1ccc2ccccc2c1.O=C(C[S+]1CCCC1)c1ccc2ccccc2c1.O=[P+]([O-])F.O=[P+]([O-])F.O=[P+]([O-])F.O=[P+]([O-])F.O=[P+]([O-])F.O=[P+]([O-])F. The summed E-state index contributed by atoms with van der Waals surface area (Å²) in [5.74, 6) is 21.7. The number of ketones is 6. The van der Waals surface area contributed by atoms with Gasteiger partial charge in [-0.05, 0) is 271 Å². The van der Waals surface area contributed by atoms with Gasteiger partial charge in [0.25, 0.3) is 0 Å². The Hall–Kier alpha value is -7.74. The normalized spacial score (nSPS) is 15.3. The summed E-state index contributed by atoms with van der Waals surface area (Å²) >= 11 is 0. The number of hydrogen-bond donors (Lipinski definition) is 0. The Labute approximate surface area is 788 Å². The molecule has 0 aliphatic carbocycles. The average molecular weight is 2040 g/mol. The number of Topliss-reactive ketones (excluding diaryl/α,β-unsaturated/α-hetero) is 6. The number of hydrogen-bond acceptors (Lipinski definition) is 18. The summed E-state index contributed by atoms with van der Waals surface area (Å²) in [6, 6.07) is 85.7. The molecule has 0 N–H and O–H groups in total. The molecule has 0 saturated carbocycles. The maximum atomic E-state index is 12.3. The van der Waals surface area contributed by atoms with Crippen molar-refractivity contribution in [3.63, 3.8) is 0 Å². The third kappa shape index (κ3) is 43.9. The van der Waals surface area contributed by atoms with Crippen molar-refractivity contribution in [2.45, 2.75) is 77.0 Å². The van der Waals surface area contributed by atoms with Crippen molar-refractivity contribution in [2.75, 3.05) is 104 Å². The van der Waals surface area contributed by atoms with E-state index in [9.17, 15) is 53.9 Å². The third-order valence-corrected chi connectivity index (χ3v) is 35.6. The van der Waals surface area contributed by atoms with Crippen LogP contribution in [-0.4, -0.2) is 138 Å². The Kier molecular flexibility index (Phi) is 52.3. The number of fused-ring (bicyclic) bond motifs is 6. The van der Waals surface area contributed by atoms with Gasteiger partial charge in [0.1, 0.15) is 69.0 Å². The quantitative estimate of drug-likeness (QED) is 0.0333. The summed E-state index contributed by atoms with van der Waals surface area (Å²) in [5, 5.41) is 14.2. The molecule has 0 bridgehead atoms. The van der Waals surface area contributed by atoms with Crippen LogP contribution < -0.4 is 29.4 Å². The second kappa shape index (κ2) is 62.1. The van der Waals surface area contributed by atoms with Crippen LogP contribution in [0.4, 0.5) is 25.2 Å². The van der Waals surface area contributed by atoms with Crippen molar-refractivity contribution in [3.8, 4) is 0 Å². The highest BCUT2D eigenvalue weighted by atomic mass is 32.2. The van der Waals surface area contributed by atoms with Crippen LogP contribution in [0.15, 0.2) is 255 Å². The van der Waals surface area contributed by atoms with Crippen molar-refractivity contribution in [2.24, 2.45) is 0 Å². The van der Waals surface area contributed by atoms with Crippen molar-refractivity contribution in [3.05, 3.63) is 288 Å². The highest BCUT2D eigenvalue weighted by Gasteiger charge is 2.33. The van der Waals surface area contributed by atoms with Crippen molar-refractivity contribution in [1.29, 1.82) is 0 Å². The molecular weight excluding hydrogens is 1930 g/mol. The molecule has 18 rings (SSSR count). The fraction of sp³-hybridized carbons (Fsp3) is 0.312. The van der Waals surface area contributed by atoms with E-state index >= 15 is 0 Å². The smallest absolute Gasteiger partial charge is 0.540 e. The molecule has 6 fully saturated rings. The molecule has 0 amide bonds. The van der Waals surface area contributed by atoms with E-state index in [-0.39, 0.29) is 0 Å². The molecule has 18 nitrogen and oxygen atoms in total. The standard InChI is InChI=1S/6C16H17OS.6FO2P/c6*17-16(12-18-9-3-4-10-18)15-8-7-13-5-1-2-6-14(13)11-15;6*1-4(2)3/h6*1-2,5-8,11H,3-4,9-10,12H2;;;;;;/q6*+1;;;;;;. The predicted octanol–water partition coefficient (Wildman–Crippen LogP) is 20.4. The Morgan fingerprint density at radius 1 is 0.189 bits per heavy atom. The molecule has 6 saturated heterocycles. The first kappa shape index (κ1) is 111. The van der Waals surface area contributed by atoms with Crippen LogP contribution in [0.2, 0.25) is 0 Å². The molecular formula is C96H102F6O18P6S6+6. The van der Waals surface area contributed by atoms with Gasteiger partial charge in [-0.15, -0.1) is 0 Å². The number of rotatable bonds is 18. The van der Waals surface area contributed by atoms with Crippen LogP contribution in [0.1, 0.15) is 139 Å². The first-order chi connectivity index (χ1) is 63.4. The Morgan fingerprint density at radius 2 is 0.288 bits per heavy atom. The molecule has 0 spiro atoms. The van der Waals surface area contributed by atoms with Gasteiger partial charge < -0.3 is 29.4 Å². The van der Waals surface area contributed by atoms with Crippen LogP contribution in [-0.2, 0) is 92.8 Å². The van der Waals surface area contributed by atoms with E-state index in [1.807, 2.05) is 146 Å². The average Bonchev–Trinajstić information content (AvgIpc) is 1.23. The van der Waals surface area contributed by atoms with Gasteiger partial charge in [0, 0.05) is 33.4 Å². The van der Waals surface area contributed by atoms with E-state index < -0.39 is 50.0 Å². The van der Waals surface area contributed by atoms with Crippen LogP contribution in [0.3, 0.4) is 0 Å². The zero-order valence-corrected chi connectivity index (χ0v) is 82.5. The number of halogens is 6. The molecule has 36 heteroatoms. The van der Waals surface area contributed by atoms with Crippen LogP contribution in [0.25, 0.3) is 64.6 Å². The summed E-state index contributed by atoms with van der Waals surface area (Å²) in [6.45, 7) is 0. The predicted molar refractivity (Wildman–Crippen MR) is 529 cm³/mol. The summed E-state index contributed by atoms with van der Waals surface area (Å²) in [6.07, 6.45) is 15.8. The minimum absolute atomic E-state index is 0.325. The highest BCUT2D eigenvalue weighted by Crippen LogP contribution is 2.28. The minimum Gasteiger partial charge on any atom is -0.562 e. The first-order valence-corrected chi connectivity index (χ1v) is 58.9. The summed E-state index contributed by atoms with van der Waals surface area (Å²) < 4.78 is 110. The zero-order valence-electron chi connectivity index (χ0n) is 72.2. The van der Waals surface area contributed by atoms with E-state index in [2.05, 4.69) is 109 Å². The number of carbonyl (C=O) groups excluding carboxylic acids is 6. The molecule has 132 heavy (non-hydrogen) atoms. The van der Waals surface area contributed by atoms with E-state index in [0.29, 0.717) is 100 Å². The summed E-state index contributed by atoms with van der Waals surface area (Å²) in [4.78, 5) is 124. The van der Waals surface area contributed by atoms with Gasteiger partial charge in [-0.3, -0.25) is 28.8 Å². The van der Waals surface area contributed by atoms with E-state index in [0.717, 1.165) is 100 Å². The Balaban J connectivity index is 0.000000206. The lowest BCUT2D eigenvalue weighted by atomic mass is 10.1. The van der Waals surface area contributed by atoms with E-state index in [1.54, 1.807) is 0 Å². The van der Waals surface area contributed by atoms with Gasteiger partial charge in [-0.25, -0.2) is 0 Å². The van der Waals surface area contributed by atoms with Gasteiger partial charge >= 0.3 is 50.0 Å². The van der Waals surface area contributed by atoms with Crippen LogP contribution in [0.5, 0.6) is 0 Å². The molecule has 12 aromatic carbocycles. The largest absolute Gasteiger partial charge is 0.562 e. The molecule has 6 aliphatic rings. The van der Waals surface area contributed by atoms with Gasteiger partial charge in [-0.2, -0.15) is 0 Å². The van der Waals surface area contributed by atoms with Gasteiger partial charge in [0.2, 0.25) is 34.7 Å². The lowest BCUT2D eigenvalue weighted by Gasteiger charge is -2.03. The van der Waals surface area contributed by atoms with Gasteiger partial charge in [-0.1, -0.05) is 218 Å². The second-order valence-corrected chi connectivity index (χ2v) is 46.9. The molecule has 0 aromatic heterocycles. The fourth-order valence-electron chi connectivity index (χ4n) is 14.9. The van der Waals surface area contributed by atoms with Crippen LogP contribution >= 0.6 is 50.0 Å². The van der Waals surface area contributed by atoms with E-state index in [1.165, 1.54) is 178 Å². The molecule has 6 unspecified atom stereocenters. The van der Waals surface area contributed by atoms with Gasteiger partial charge in [0.05, 0.1) is 25.2 Å². The lowest BCUT2D eigenvalue weighted by Crippen LogP contribution is -2.17. The Morgan fingerprint density at radius 3 is 0.394 bits per heavy atom. The van der Waals surface area contributed by atoms with E-state index in [4.69, 9.17) is 56.8 Å². The molecule has 696 valence electrons. The molecule has 6 aliphatic heterocycles. The van der Waals surface area contributed by atoms with Crippen molar-refractivity contribution < 1.29 is 111 Å². The maximum absolute atomic E-state index is 12.3. The number of carbonyl (C=O) groups is 6. The fourth-order valence-corrected chi connectivity index (χ4v) is 28.5. The minimum atomic E-state index is -3.62. The molecule has 6 heterocycles. The van der Waals surface area contributed by atoms with Gasteiger partial charge in [0.15, 0.2) is 34.5 Å². The third-order valence-electron chi connectivity index (χ3n) is 21.1. The summed E-state index contributed by atoms with van der Waals surface area (Å²) in [7, 11) is -19.6. The zero-order chi connectivity index (χ0) is 95.7. The molecule has 0 radical (unpaired) electrons. The molecule has 12 aromatic rings. The lowest BCUT2D eigenvalue weighted by molar-refractivity contribution is -0.175. The van der Waals surface area contributed by atoms with Crippen molar-refractivity contribution >= 4 is 215 Å². The van der Waals surface area contributed by atoms with Crippen molar-refractivity contribution in [1.82, 2.24) is 0 Å². The monoisotopic (exact) mass is 2030 g/mol. The van der Waals surface area contributed by atoms with Crippen LogP contribution in [0, 0.1) is 0 Å². The second-order valence-electron chi connectivity index (χ2n) is 30.4. The Bertz CT molecular complexity index is 4910. The highest BCUT2D eigenvalue weighted by molar-refractivity contribution is 7.99. The summed E-state index contributed by atoms with van der Waals surface area (Å²) in [5.41, 5.74) is 5.30. The maximum Gasteiger partial charge on any atom is 0.540 e. The topological polar surface area (TPSA) is 343 Å². The first-order valence-electron chi connectivity index (χ1n) is 42.1. The number of benzene rings is 12. The molecule has 6 atom stereocenters.